The van der Waals surface area contributed by atoms with Gasteiger partial charge in [-0.25, -0.2) is 0 Å². The van der Waals surface area contributed by atoms with Crippen LogP contribution in [-0.2, 0) is 11.3 Å². The van der Waals surface area contributed by atoms with E-state index in [1.54, 1.807) is 13.0 Å². The Morgan fingerprint density at radius 2 is 2.04 bits per heavy atom. The first-order chi connectivity index (χ1) is 12.1. The lowest BCUT2D eigenvalue weighted by Crippen LogP contribution is -2.12. The van der Waals surface area contributed by atoms with Gasteiger partial charge in [0.15, 0.2) is 11.0 Å². The standard InChI is InChI=1S/C17H19N5O2S/c1-12-10-15(21-24-12)18-16(23)8-9-25-17-20-19-13(2)22(17)11-14-6-4-3-5-7-14/h3-7,10H,8-9,11H2,1-2H3,(H,18,21,23). The van der Waals surface area contributed by atoms with E-state index in [0.717, 1.165) is 11.0 Å². The fourth-order valence-corrected chi connectivity index (χ4v) is 3.20. The first-order valence-corrected chi connectivity index (χ1v) is 8.90. The van der Waals surface area contributed by atoms with Crippen LogP contribution in [0.1, 0.15) is 23.6 Å². The fourth-order valence-electron chi connectivity index (χ4n) is 2.28. The van der Waals surface area contributed by atoms with Crippen LogP contribution in [0.4, 0.5) is 5.82 Å². The molecule has 0 bridgehead atoms. The van der Waals surface area contributed by atoms with Crippen molar-refractivity contribution in [1.82, 2.24) is 19.9 Å². The molecule has 130 valence electrons. The molecular formula is C17H19N5O2S. The molecule has 7 nitrogen and oxygen atoms in total. The third-order valence-corrected chi connectivity index (χ3v) is 4.51. The molecular weight excluding hydrogens is 338 g/mol. The number of nitrogens with zero attached hydrogens (tertiary/aromatic N) is 4. The minimum absolute atomic E-state index is 0.105. The van der Waals surface area contributed by atoms with Gasteiger partial charge in [0.05, 0.1) is 6.54 Å². The van der Waals surface area contributed by atoms with E-state index < -0.39 is 0 Å². The molecule has 1 amide bonds. The molecule has 3 rings (SSSR count). The van der Waals surface area contributed by atoms with E-state index in [2.05, 4.69) is 37.4 Å². The summed E-state index contributed by atoms with van der Waals surface area (Å²) in [5.41, 5.74) is 1.19. The van der Waals surface area contributed by atoms with Crippen LogP contribution in [0.15, 0.2) is 46.1 Å². The quantitative estimate of drug-likeness (QED) is 0.654. The van der Waals surface area contributed by atoms with Gasteiger partial charge in [0, 0.05) is 18.2 Å². The molecule has 0 unspecified atom stereocenters. The predicted octanol–water partition coefficient (Wildman–Crippen LogP) is 3.05. The Morgan fingerprint density at radius 3 is 2.76 bits per heavy atom. The molecule has 0 saturated carbocycles. The number of thioether (sulfide) groups is 1. The van der Waals surface area contributed by atoms with Crippen LogP contribution in [0.25, 0.3) is 0 Å². The van der Waals surface area contributed by atoms with Gasteiger partial charge < -0.3 is 14.4 Å². The van der Waals surface area contributed by atoms with Crippen molar-refractivity contribution in [2.45, 2.75) is 32.0 Å². The summed E-state index contributed by atoms with van der Waals surface area (Å²) in [5, 5.41) is 15.6. The number of aromatic nitrogens is 4. The van der Waals surface area contributed by atoms with Crippen LogP contribution >= 0.6 is 11.8 Å². The zero-order valence-electron chi connectivity index (χ0n) is 14.1. The van der Waals surface area contributed by atoms with Crippen LogP contribution in [0.3, 0.4) is 0 Å². The first kappa shape index (κ1) is 17.2. The summed E-state index contributed by atoms with van der Waals surface area (Å²) in [6.07, 6.45) is 0.355. The first-order valence-electron chi connectivity index (χ1n) is 7.91. The number of hydrogen-bond donors (Lipinski definition) is 1. The third-order valence-electron chi connectivity index (χ3n) is 3.54. The van der Waals surface area contributed by atoms with E-state index in [4.69, 9.17) is 4.52 Å². The topological polar surface area (TPSA) is 85.8 Å². The van der Waals surface area contributed by atoms with Gasteiger partial charge >= 0.3 is 0 Å². The molecule has 0 aliphatic rings. The van der Waals surface area contributed by atoms with E-state index in [0.29, 0.717) is 30.3 Å². The summed E-state index contributed by atoms with van der Waals surface area (Å²) in [6, 6.07) is 11.8. The maximum atomic E-state index is 11.9. The van der Waals surface area contributed by atoms with E-state index in [9.17, 15) is 4.79 Å². The number of carbonyl (C=O) groups is 1. The third kappa shape index (κ3) is 4.69. The molecule has 2 aromatic heterocycles. The SMILES string of the molecule is Cc1cc(NC(=O)CCSc2nnc(C)n2Cc2ccccc2)no1. The molecule has 0 fully saturated rings. The molecule has 0 atom stereocenters. The van der Waals surface area contributed by atoms with Gasteiger partial charge in [-0.05, 0) is 19.4 Å². The maximum absolute atomic E-state index is 11.9. The van der Waals surface area contributed by atoms with E-state index in [1.807, 2.05) is 25.1 Å². The highest BCUT2D eigenvalue weighted by atomic mass is 32.2. The summed E-state index contributed by atoms with van der Waals surface area (Å²) >= 11 is 1.52. The van der Waals surface area contributed by atoms with Gasteiger partial charge in [0.1, 0.15) is 11.6 Å². The number of nitrogens with one attached hydrogen (secondary N) is 1. The number of anilines is 1. The highest BCUT2D eigenvalue weighted by Gasteiger charge is 2.12. The number of carbonyl (C=O) groups excluding carboxylic acids is 1. The zero-order valence-corrected chi connectivity index (χ0v) is 14.9. The molecule has 1 N–H and O–H groups in total. The van der Waals surface area contributed by atoms with Gasteiger partial charge in [-0.15, -0.1) is 10.2 Å². The minimum Gasteiger partial charge on any atom is -0.360 e. The highest BCUT2D eigenvalue weighted by molar-refractivity contribution is 7.99. The van der Waals surface area contributed by atoms with Crippen LogP contribution in [-0.4, -0.2) is 31.6 Å². The van der Waals surface area contributed by atoms with Crippen LogP contribution in [0.5, 0.6) is 0 Å². The number of benzene rings is 1. The van der Waals surface area contributed by atoms with Crippen molar-refractivity contribution in [1.29, 1.82) is 0 Å². The normalized spacial score (nSPS) is 10.8. The van der Waals surface area contributed by atoms with Gasteiger partial charge in [-0.1, -0.05) is 47.3 Å². The van der Waals surface area contributed by atoms with Crippen molar-refractivity contribution < 1.29 is 9.32 Å². The average Bonchev–Trinajstić information content (AvgIpc) is 3.16. The molecule has 25 heavy (non-hydrogen) atoms. The second-order valence-electron chi connectivity index (χ2n) is 5.57. The van der Waals surface area contributed by atoms with E-state index >= 15 is 0 Å². The molecule has 3 aromatic rings. The lowest BCUT2D eigenvalue weighted by Gasteiger charge is -2.08. The van der Waals surface area contributed by atoms with Crippen LogP contribution in [0.2, 0.25) is 0 Å². The fraction of sp³-hybridized carbons (Fsp3) is 0.294. The lowest BCUT2D eigenvalue weighted by atomic mass is 10.2. The van der Waals surface area contributed by atoms with Gasteiger partial charge in [0.2, 0.25) is 5.91 Å². The minimum atomic E-state index is -0.105. The molecule has 0 radical (unpaired) electrons. The van der Waals surface area contributed by atoms with Crippen molar-refractivity contribution in [3.05, 3.63) is 53.5 Å². The zero-order chi connectivity index (χ0) is 17.6. The van der Waals surface area contributed by atoms with Gasteiger partial charge in [-0.2, -0.15) is 0 Å². The van der Waals surface area contributed by atoms with Gasteiger partial charge in [-0.3, -0.25) is 4.79 Å². The van der Waals surface area contributed by atoms with Crippen molar-refractivity contribution >= 4 is 23.5 Å². The summed E-state index contributed by atoms with van der Waals surface area (Å²) in [7, 11) is 0. The summed E-state index contributed by atoms with van der Waals surface area (Å²) in [4.78, 5) is 11.9. The van der Waals surface area contributed by atoms with E-state index in [-0.39, 0.29) is 5.91 Å². The molecule has 0 aliphatic carbocycles. The molecule has 1 aromatic carbocycles. The number of amides is 1. The second kappa shape index (κ2) is 7.98. The molecule has 8 heteroatoms. The Labute approximate surface area is 149 Å². The van der Waals surface area contributed by atoms with Crippen molar-refractivity contribution in [2.75, 3.05) is 11.1 Å². The molecule has 2 heterocycles. The molecule has 0 aliphatic heterocycles. The number of hydrogen-bond acceptors (Lipinski definition) is 6. The largest absolute Gasteiger partial charge is 0.360 e. The molecule has 0 spiro atoms. The Morgan fingerprint density at radius 1 is 1.24 bits per heavy atom. The Balaban J connectivity index is 1.54. The summed E-state index contributed by atoms with van der Waals surface area (Å²) in [6.45, 7) is 4.42. The lowest BCUT2D eigenvalue weighted by molar-refractivity contribution is -0.115. The summed E-state index contributed by atoms with van der Waals surface area (Å²) < 4.78 is 6.98. The van der Waals surface area contributed by atoms with Crippen molar-refractivity contribution in [3.8, 4) is 0 Å². The second-order valence-corrected chi connectivity index (χ2v) is 6.63. The highest BCUT2D eigenvalue weighted by Crippen LogP contribution is 2.19. The molecule has 0 saturated heterocycles. The smallest absolute Gasteiger partial charge is 0.226 e. The average molecular weight is 357 g/mol. The van der Waals surface area contributed by atoms with Gasteiger partial charge in [0.25, 0.3) is 0 Å². The van der Waals surface area contributed by atoms with Crippen LogP contribution in [0, 0.1) is 13.8 Å². The van der Waals surface area contributed by atoms with Crippen molar-refractivity contribution in [3.63, 3.8) is 0 Å². The van der Waals surface area contributed by atoms with E-state index in [1.165, 1.54) is 17.3 Å². The van der Waals surface area contributed by atoms with Crippen LogP contribution < -0.4 is 5.32 Å². The summed E-state index contributed by atoms with van der Waals surface area (Å²) in [5.74, 6) is 2.46. The Kier molecular flexibility index (Phi) is 5.49. The Bertz CT molecular complexity index is 844. The Hall–Kier alpha value is -2.61. The number of rotatable bonds is 7. The predicted molar refractivity (Wildman–Crippen MR) is 95.5 cm³/mol. The monoisotopic (exact) mass is 357 g/mol. The van der Waals surface area contributed by atoms with Crippen molar-refractivity contribution in [2.24, 2.45) is 0 Å². The maximum Gasteiger partial charge on any atom is 0.226 e. The number of aryl methyl sites for hydroxylation is 2.